The Morgan fingerprint density at radius 3 is 2.23 bits per heavy atom. The molecule has 0 aliphatic rings. The van der Waals surface area contributed by atoms with E-state index in [4.69, 9.17) is 4.74 Å². The van der Waals surface area contributed by atoms with Gasteiger partial charge in [-0.05, 0) is 47.3 Å². The first-order valence-electron chi connectivity index (χ1n) is 5.06. The van der Waals surface area contributed by atoms with Gasteiger partial charge in [-0.3, -0.25) is 4.99 Å². The number of rotatable bonds is 4. The molecule has 2 nitrogen and oxygen atoms in total. The maximum Gasteiger partial charge on any atom is 0.0777 e. The van der Waals surface area contributed by atoms with Gasteiger partial charge in [0.05, 0.1) is 17.7 Å². The van der Waals surface area contributed by atoms with Crippen molar-refractivity contribution in [3.8, 4) is 0 Å². The van der Waals surface area contributed by atoms with Crippen LogP contribution < -0.4 is 0 Å². The normalized spacial score (nSPS) is 17.7. The van der Waals surface area contributed by atoms with Crippen LogP contribution in [0.15, 0.2) is 4.99 Å². The zero-order valence-electron chi connectivity index (χ0n) is 9.79. The zero-order chi connectivity index (χ0) is 10.5. The Labute approximate surface area is 82.4 Å². The summed E-state index contributed by atoms with van der Waals surface area (Å²) in [6.45, 7) is 12.4. The van der Waals surface area contributed by atoms with E-state index in [2.05, 4.69) is 39.6 Å². The molecule has 2 atom stereocenters. The van der Waals surface area contributed by atoms with E-state index in [-0.39, 0.29) is 11.7 Å². The van der Waals surface area contributed by atoms with Gasteiger partial charge in [-0.25, -0.2) is 0 Å². The largest absolute Gasteiger partial charge is 0.371 e. The number of nitrogens with zero attached hydrogens (tertiary/aromatic N) is 1. The molecule has 78 valence electrons. The molecule has 0 bridgehead atoms. The van der Waals surface area contributed by atoms with Crippen LogP contribution in [-0.4, -0.2) is 24.0 Å². The van der Waals surface area contributed by atoms with Gasteiger partial charge in [0, 0.05) is 0 Å². The molecule has 0 aliphatic carbocycles. The average Bonchev–Trinajstić information content (AvgIpc) is 1.96. The fourth-order valence-corrected chi connectivity index (χ4v) is 1.39. The Balaban J connectivity index is 4.13. The second-order valence-corrected chi connectivity index (χ2v) is 4.32. The first kappa shape index (κ1) is 12.6. The summed E-state index contributed by atoms with van der Waals surface area (Å²) in [6.07, 6.45) is 3.08. The quantitative estimate of drug-likeness (QED) is 0.617. The third-order valence-electron chi connectivity index (χ3n) is 1.84. The van der Waals surface area contributed by atoms with Crippen LogP contribution in [0.2, 0.25) is 0 Å². The molecule has 0 aromatic rings. The van der Waals surface area contributed by atoms with Gasteiger partial charge in [0.1, 0.15) is 0 Å². The van der Waals surface area contributed by atoms with Gasteiger partial charge in [0.2, 0.25) is 0 Å². The van der Waals surface area contributed by atoms with Crippen molar-refractivity contribution in [3.63, 3.8) is 0 Å². The summed E-state index contributed by atoms with van der Waals surface area (Å²) in [5, 5.41) is 0. The van der Waals surface area contributed by atoms with Gasteiger partial charge < -0.3 is 4.74 Å². The summed E-state index contributed by atoms with van der Waals surface area (Å²) in [7, 11) is 0. The molecule has 0 radical (unpaired) electrons. The Hall–Kier alpha value is -0.370. The first-order chi connectivity index (χ1) is 5.90. The maximum absolute atomic E-state index is 5.83. The lowest BCUT2D eigenvalue weighted by molar-refractivity contribution is -0.0611. The molecular formula is C11H23NO. The van der Waals surface area contributed by atoms with Crippen molar-refractivity contribution in [1.29, 1.82) is 0 Å². The summed E-state index contributed by atoms with van der Waals surface area (Å²) in [5.41, 5.74) is -0.0733. The van der Waals surface area contributed by atoms with Gasteiger partial charge in [-0.1, -0.05) is 6.92 Å². The topological polar surface area (TPSA) is 21.6 Å². The van der Waals surface area contributed by atoms with Crippen LogP contribution in [0.1, 0.15) is 48.0 Å². The predicted molar refractivity (Wildman–Crippen MR) is 58.5 cm³/mol. The SMILES string of the molecule is CC=NC(CC)[C@@H](C)OC(C)(C)C. The number of hydrogen-bond acceptors (Lipinski definition) is 2. The Morgan fingerprint density at radius 2 is 1.92 bits per heavy atom. The average molecular weight is 185 g/mol. The molecule has 0 rings (SSSR count). The van der Waals surface area contributed by atoms with E-state index in [1.54, 1.807) is 0 Å². The van der Waals surface area contributed by atoms with E-state index in [9.17, 15) is 0 Å². The van der Waals surface area contributed by atoms with Crippen molar-refractivity contribution < 1.29 is 4.74 Å². The minimum Gasteiger partial charge on any atom is -0.371 e. The van der Waals surface area contributed by atoms with Crippen LogP contribution in [-0.2, 0) is 4.74 Å². The minimum atomic E-state index is -0.0733. The van der Waals surface area contributed by atoms with Crippen molar-refractivity contribution in [3.05, 3.63) is 0 Å². The van der Waals surface area contributed by atoms with Gasteiger partial charge in [-0.2, -0.15) is 0 Å². The highest BCUT2D eigenvalue weighted by atomic mass is 16.5. The number of aliphatic imine (C=N–C) groups is 1. The first-order valence-corrected chi connectivity index (χ1v) is 5.06. The zero-order valence-corrected chi connectivity index (χ0v) is 9.79. The lowest BCUT2D eigenvalue weighted by atomic mass is 10.1. The molecule has 0 saturated carbocycles. The summed E-state index contributed by atoms with van der Waals surface area (Å²) in [4.78, 5) is 4.38. The lowest BCUT2D eigenvalue weighted by Crippen LogP contribution is -2.32. The lowest BCUT2D eigenvalue weighted by Gasteiger charge is -2.28. The molecule has 0 aliphatic heterocycles. The third-order valence-corrected chi connectivity index (χ3v) is 1.84. The van der Waals surface area contributed by atoms with Crippen LogP contribution in [0.5, 0.6) is 0 Å². The maximum atomic E-state index is 5.83. The molecule has 0 saturated heterocycles. The van der Waals surface area contributed by atoms with Gasteiger partial charge >= 0.3 is 0 Å². The van der Waals surface area contributed by atoms with E-state index >= 15 is 0 Å². The van der Waals surface area contributed by atoms with E-state index in [1.807, 2.05) is 13.1 Å². The summed E-state index contributed by atoms with van der Waals surface area (Å²) in [6, 6.07) is 0.296. The summed E-state index contributed by atoms with van der Waals surface area (Å²) >= 11 is 0. The van der Waals surface area contributed by atoms with Gasteiger partial charge in [0.15, 0.2) is 0 Å². The van der Waals surface area contributed by atoms with E-state index in [0.29, 0.717) is 6.04 Å². The van der Waals surface area contributed by atoms with Crippen molar-refractivity contribution >= 4 is 6.21 Å². The van der Waals surface area contributed by atoms with Crippen LogP contribution in [0.3, 0.4) is 0 Å². The molecule has 1 unspecified atom stereocenters. The highest BCUT2D eigenvalue weighted by Gasteiger charge is 2.20. The Bertz CT molecular complexity index is 158. The molecule has 0 N–H and O–H groups in total. The van der Waals surface area contributed by atoms with Crippen molar-refractivity contribution in [2.24, 2.45) is 4.99 Å². The Morgan fingerprint density at radius 1 is 1.38 bits per heavy atom. The molecule has 0 heterocycles. The van der Waals surface area contributed by atoms with Gasteiger partial charge in [-0.15, -0.1) is 0 Å². The number of hydrogen-bond donors (Lipinski definition) is 0. The molecule has 13 heavy (non-hydrogen) atoms. The molecular weight excluding hydrogens is 162 g/mol. The Kier molecular flexibility index (Phi) is 5.23. The molecule has 0 aromatic heterocycles. The molecule has 0 amide bonds. The fraction of sp³-hybridized carbons (Fsp3) is 0.909. The monoisotopic (exact) mass is 185 g/mol. The molecule has 0 fully saturated rings. The van der Waals surface area contributed by atoms with Crippen LogP contribution in [0, 0.1) is 0 Å². The second-order valence-electron chi connectivity index (χ2n) is 4.32. The van der Waals surface area contributed by atoms with Crippen molar-refractivity contribution in [1.82, 2.24) is 0 Å². The summed E-state index contributed by atoms with van der Waals surface area (Å²) in [5.74, 6) is 0. The van der Waals surface area contributed by atoms with Crippen molar-refractivity contribution in [2.75, 3.05) is 0 Å². The smallest absolute Gasteiger partial charge is 0.0777 e. The highest BCUT2D eigenvalue weighted by Crippen LogP contribution is 2.16. The van der Waals surface area contributed by atoms with Crippen LogP contribution in [0.4, 0.5) is 0 Å². The van der Waals surface area contributed by atoms with E-state index < -0.39 is 0 Å². The van der Waals surface area contributed by atoms with E-state index in [1.165, 1.54) is 0 Å². The van der Waals surface area contributed by atoms with E-state index in [0.717, 1.165) is 6.42 Å². The fourth-order valence-electron chi connectivity index (χ4n) is 1.39. The third kappa shape index (κ3) is 5.81. The molecule has 0 spiro atoms. The second kappa shape index (κ2) is 5.38. The standard InChI is InChI=1S/C11H23NO/c1-7-10(12-8-2)9(3)13-11(4,5)6/h8-10H,7H2,1-6H3/t9-,10?/m1/s1. The molecule has 2 heteroatoms. The van der Waals surface area contributed by atoms with Crippen LogP contribution in [0.25, 0.3) is 0 Å². The van der Waals surface area contributed by atoms with Gasteiger partial charge in [0.25, 0.3) is 0 Å². The number of ether oxygens (including phenoxy) is 1. The van der Waals surface area contributed by atoms with Crippen LogP contribution >= 0.6 is 0 Å². The highest BCUT2D eigenvalue weighted by molar-refractivity contribution is 5.53. The van der Waals surface area contributed by atoms with Crippen molar-refractivity contribution in [2.45, 2.75) is 65.7 Å². The minimum absolute atomic E-state index is 0.0733. The predicted octanol–water partition coefficient (Wildman–Crippen LogP) is 3.06. The summed E-state index contributed by atoms with van der Waals surface area (Å²) < 4.78 is 5.83. The molecule has 0 aromatic carbocycles.